The molecule has 0 aliphatic rings. The van der Waals surface area contributed by atoms with Crippen molar-refractivity contribution in [1.29, 1.82) is 0 Å². The van der Waals surface area contributed by atoms with E-state index >= 15 is 0 Å². The van der Waals surface area contributed by atoms with Gasteiger partial charge >= 0.3 is 0 Å². The number of aromatic nitrogens is 2. The van der Waals surface area contributed by atoms with E-state index in [4.69, 9.17) is 4.74 Å². The van der Waals surface area contributed by atoms with Gasteiger partial charge in [-0.3, -0.25) is 14.9 Å². The summed E-state index contributed by atoms with van der Waals surface area (Å²) in [4.78, 5) is 24.2. The fraction of sp³-hybridized carbons (Fsp3) is 0.154. The van der Waals surface area contributed by atoms with Crippen LogP contribution in [0.4, 0.5) is 11.4 Å². The van der Waals surface area contributed by atoms with Gasteiger partial charge in [-0.1, -0.05) is 24.3 Å². The van der Waals surface area contributed by atoms with Crippen molar-refractivity contribution in [2.75, 3.05) is 5.32 Å². The fourth-order valence-electron chi connectivity index (χ4n) is 3.93. The molecule has 0 unspecified atom stereocenters. The van der Waals surface area contributed by atoms with E-state index in [1.165, 1.54) is 12.1 Å². The maximum absolute atomic E-state index is 13.2. The molecule has 34 heavy (non-hydrogen) atoms. The van der Waals surface area contributed by atoms with E-state index in [2.05, 4.69) is 10.4 Å². The third-order valence-corrected chi connectivity index (χ3v) is 5.31. The average Bonchev–Trinajstić information content (AvgIpc) is 3.07. The first-order valence-electron chi connectivity index (χ1n) is 10.7. The van der Waals surface area contributed by atoms with Crippen LogP contribution in [0, 0.1) is 37.8 Å². The summed E-state index contributed by atoms with van der Waals surface area (Å²) < 4.78 is 7.60. The number of nitro benzene ring substituents is 1. The molecule has 1 N–H and O–H groups in total. The molecule has 3 aromatic carbocycles. The normalized spacial score (nSPS) is 10.7. The largest absolute Gasteiger partial charge is 0.457 e. The van der Waals surface area contributed by atoms with Crippen LogP contribution in [0.25, 0.3) is 5.69 Å². The van der Waals surface area contributed by atoms with Crippen molar-refractivity contribution in [1.82, 2.24) is 9.78 Å². The molecule has 0 atom stereocenters. The molecule has 1 heterocycles. The standard InChI is InChI=1S/C26H24N4O4/c1-16-10-17(2)12-23(11-16)34-24-14-20(13-22(15-24)30(32)33)27-26(31)25-18(3)28-29(19(25)4)21-8-6-5-7-9-21/h5-15H,1-4H3,(H,27,31). The second-order valence-electron chi connectivity index (χ2n) is 8.15. The van der Waals surface area contributed by atoms with Crippen molar-refractivity contribution in [3.8, 4) is 17.2 Å². The van der Waals surface area contributed by atoms with Gasteiger partial charge in [0.05, 0.1) is 39.3 Å². The van der Waals surface area contributed by atoms with Crippen molar-refractivity contribution >= 4 is 17.3 Å². The first-order chi connectivity index (χ1) is 16.2. The van der Waals surface area contributed by atoms with Gasteiger partial charge in [-0.2, -0.15) is 5.10 Å². The van der Waals surface area contributed by atoms with Crippen LogP contribution in [0.3, 0.4) is 0 Å². The second kappa shape index (κ2) is 9.19. The van der Waals surface area contributed by atoms with Crippen LogP contribution < -0.4 is 10.1 Å². The molecule has 4 rings (SSSR count). The van der Waals surface area contributed by atoms with Crippen molar-refractivity contribution in [2.24, 2.45) is 0 Å². The molecule has 0 fully saturated rings. The van der Waals surface area contributed by atoms with Crippen LogP contribution in [0.5, 0.6) is 11.5 Å². The summed E-state index contributed by atoms with van der Waals surface area (Å²) in [5, 5.41) is 18.8. The number of nitrogens with zero attached hydrogens (tertiary/aromatic N) is 3. The van der Waals surface area contributed by atoms with Crippen LogP contribution in [0.15, 0.2) is 66.7 Å². The van der Waals surface area contributed by atoms with Gasteiger partial charge < -0.3 is 10.1 Å². The predicted molar refractivity (Wildman–Crippen MR) is 130 cm³/mol. The smallest absolute Gasteiger partial charge is 0.275 e. The Morgan fingerprint density at radius 2 is 1.59 bits per heavy atom. The van der Waals surface area contributed by atoms with Crippen molar-refractivity contribution in [3.63, 3.8) is 0 Å². The summed E-state index contributed by atoms with van der Waals surface area (Å²) in [6.45, 7) is 7.45. The first-order valence-corrected chi connectivity index (χ1v) is 10.7. The quantitative estimate of drug-likeness (QED) is 0.281. The van der Waals surface area contributed by atoms with Gasteiger partial charge in [0.25, 0.3) is 11.6 Å². The fourth-order valence-corrected chi connectivity index (χ4v) is 3.93. The summed E-state index contributed by atoms with van der Waals surface area (Å²) in [5.74, 6) is 0.407. The number of non-ortho nitro benzene ring substituents is 1. The highest BCUT2D eigenvalue weighted by Crippen LogP contribution is 2.31. The van der Waals surface area contributed by atoms with Crippen LogP contribution in [0.2, 0.25) is 0 Å². The Morgan fingerprint density at radius 1 is 0.941 bits per heavy atom. The van der Waals surface area contributed by atoms with Crippen molar-refractivity contribution in [3.05, 3.63) is 105 Å². The summed E-state index contributed by atoms with van der Waals surface area (Å²) in [7, 11) is 0. The lowest BCUT2D eigenvalue weighted by Crippen LogP contribution is -2.14. The summed E-state index contributed by atoms with van der Waals surface area (Å²) in [6, 6.07) is 19.4. The molecular weight excluding hydrogens is 432 g/mol. The minimum atomic E-state index is -0.520. The number of nitrogens with one attached hydrogen (secondary N) is 1. The summed E-state index contributed by atoms with van der Waals surface area (Å²) >= 11 is 0. The molecule has 0 radical (unpaired) electrons. The first kappa shape index (κ1) is 22.7. The van der Waals surface area contributed by atoms with Crippen molar-refractivity contribution < 1.29 is 14.5 Å². The van der Waals surface area contributed by atoms with Gasteiger partial charge in [-0.25, -0.2) is 4.68 Å². The topological polar surface area (TPSA) is 99.3 Å². The Bertz CT molecular complexity index is 1370. The Hall–Kier alpha value is -4.46. The lowest BCUT2D eigenvalue weighted by molar-refractivity contribution is -0.384. The molecule has 0 aliphatic carbocycles. The zero-order valence-electron chi connectivity index (χ0n) is 19.3. The number of hydrogen-bond acceptors (Lipinski definition) is 5. The molecule has 0 spiro atoms. The number of anilines is 1. The molecule has 172 valence electrons. The Kier molecular flexibility index (Phi) is 6.14. The van der Waals surface area contributed by atoms with Gasteiger partial charge in [0.15, 0.2) is 0 Å². The van der Waals surface area contributed by atoms with E-state index in [0.29, 0.717) is 22.7 Å². The number of para-hydroxylation sites is 1. The van der Waals surface area contributed by atoms with E-state index in [9.17, 15) is 14.9 Å². The van der Waals surface area contributed by atoms with Gasteiger partial charge in [-0.05, 0) is 63.1 Å². The molecule has 4 aromatic rings. The predicted octanol–water partition coefficient (Wildman–Crippen LogP) is 6.06. The number of aryl methyl sites for hydroxylation is 3. The second-order valence-corrected chi connectivity index (χ2v) is 8.15. The number of ether oxygens (including phenoxy) is 1. The monoisotopic (exact) mass is 456 g/mol. The zero-order chi connectivity index (χ0) is 24.4. The number of hydrogen-bond donors (Lipinski definition) is 1. The molecule has 8 heteroatoms. The molecule has 1 aromatic heterocycles. The van der Waals surface area contributed by atoms with E-state index < -0.39 is 10.8 Å². The Labute approximate surface area is 197 Å². The lowest BCUT2D eigenvalue weighted by Gasteiger charge is -2.11. The summed E-state index contributed by atoms with van der Waals surface area (Å²) in [6.07, 6.45) is 0. The molecule has 8 nitrogen and oxygen atoms in total. The van der Waals surface area contributed by atoms with Crippen LogP contribution in [-0.4, -0.2) is 20.6 Å². The molecule has 0 aliphatic heterocycles. The molecule has 0 saturated carbocycles. The van der Waals surface area contributed by atoms with E-state index in [-0.39, 0.29) is 17.1 Å². The molecular formula is C26H24N4O4. The van der Waals surface area contributed by atoms with Gasteiger partial charge in [0.2, 0.25) is 0 Å². The maximum Gasteiger partial charge on any atom is 0.275 e. The van der Waals surface area contributed by atoms with Crippen LogP contribution in [0.1, 0.15) is 32.9 Å². The average molecular weight is 457 g/mol. The number of nitro groups is 1. The minimum Gasteiger partial charge on any atom is -0.457 e. The highest BCUT2D eigenvalue weighted by molar-refractivity contribution is 6.06. The summed E-state index contributed by atoms with van der Waals surface area (Å²) in [5.41, 5.74) is 4.55. The number of amides is 1. The number of benzene rings is 3. The zero-order valence-corrected chi connectivity index (χ0v) is 19.3. The number of carbonyl (C=O) groups is 1. The number of carbonyl (C=O) groups excluding carboxylic acids is 1. The maximum atomic E-state index is 13.2. The Balaban J connectivity index is 1.65. The highest BCUT2D eigenvalue weighted by Gasteiger charge is 2.21. The van der Waals surface area contributed by atoms with Gasteiger partial charge in [-0.15, -0.1) is 0 Å². The van der Waals surface area contributed by atoms with Crippen LogP contribution >= 0.6 is 0 Å². The molecule has 0 saturated heterocycles. The number of rotatable bonds is 6. The third kappa shape index (κ3) is 4.80. The molecule has 0 bridgehead atoms. The van der Waals surface area contributed by atoms with Gasteiger partial charge in [0.1, 0.15) is 11.5 Å². The van der Waals surface area contributed by atoms with Crippen LogP contribution in [-0.2, 0) is 0 Å². The SMILES string of the molecule is Cc1cc(C)cc(Oc2cc(NC(=O)c3c(C)nn(-c4ccccc4)c3C)cc([N+](=O)[O-])c2)c1. The van der Waals surface area contributed by atoms with Crippen molar-refractivity contribution in [2.45, 2.75) is 27.7 Å². The third-order valence-electron chi connectivity index (χ3n) is 5.31. The van der Waals surface area contributed by atoms with E-state index in [1.807, 2.05) is 69.3 Å². The molecule has 1 amide bonds. The minimum absolute atomic E-state index is 0.189. The van der Waals surface area contributed by atoms with E-state index in [1.54, 1.807) is 17.7 Å². The Morgan fingerprint density at radius 3 is 2.24 bits per heavy atom. The van der Waals surface area contributed by atoms with Gasteiger partial charge in [0, 0.05) is 12.1 Å². The van der Waals surface area contributed by atoms with E-state index in [0.717, 1.165) is 16.8 Å². The highest BCUT2D eigenvalue weighted by atomic mass is 16.6. The lowest BCUT2D eigenvalue weighted by atomic mass is 10.1.